The van der Waals surface area contributed by atoms with Crippen molar-refractivity contribution in [2.75, 3.05) is 0 Å². The van der Waals surface area contributed by atoms with Gasteiger partial charge in [-0.15, -0.1) is 0 Å². The Morgan fingerprint density at radius 2 is 1.05 bits per heavy atom. The van der Waals surface area contributed by atoms with Crippen molar-refractivity contribution in [2.24, 2.45) is 0 Å². The van der Waals surface area contributed by atoms with Crippen LogP contribution in [0.15, 0.2) is 78.9 Å². The normalized spacial score (nSPS) is 11.8. The molecule has 0 aliphatic carbocycles. The molecule has 3 aromatic rings. The number of unbranched alkanes of at least 4 members (excludes halogenated alkanes) is 11. The zero-order valence-electron chi connectivity index (χ0n) is 23.5. The molecule has 3 aromatic carbocycles. The molecule has 38 heavy (non-hydrogen) atoms. The first-order chi connectivity index (χ1) is 18.8. The monoisotopic (exact) mass is 516 g/mol. The largest absolute Gasteiger partial charge is 0.485 e. The molecule has 0 spiro atoms. The van der Waals surface area contributed by atoms with Crippen LogP contribution in [0.25, 0.3) is 0 Å². The minimum atomic E-state index is -0.566. The third kappa shape index (κ3) is 11.3. The third-order valence-electron chi connectivity index (χ3n) is 7.16. The van der Waals surface area contributed by atoms with Crippen LogP contribution in [0.4, 0.5) is 0 Å². The van der Waals surface area contributed by atoms with Gasteiger partial charge in [0.15, 0.2) is 11.5 Å². The van der Waals surface area contributed by atoms with Crippen molar-refractivity contribution in [1.29, 1.82) is 0 Å². The molecule has 3 nitrogen and oxygen atoms in total. The number of hydrogen-bond donors (Lipinski definition) is 1. The molecule has 0 aliphatic heterocycles. The molecule has 0 radical (unpaired) electrons. The van der Waals surface area contributed by atoms with Crippen LogP contribution in [0.1, 0.15) is 113 Å². The van der Waals surface area contributed by atoms with Gasteiger partial charge in [0, 0.05) is 5.56 Å². The van der Waals surface area contributed by atoms with Gasteiger partial charge in [-0.1, -0.05) is 157 Å². The first-order valence-electron chi connectivity index (χ1n) is 14.9. The van der Waals surface area contributed by atoms with Gasteiger partial charge >= 0.3 is 0 Å². The predicted octanol–water partition coefficient (Wildman–Crippen LogP) is 9.97. The highest BCUT2D eigenvalue weighted by molar-refractivity contribution is 5.48. The number of ether oxygens (including phenoxy) is 2. The first-order valence-corrected chi connectivity index (χ1v) is 14.9. The summed E-state index contributed by atoms with van der Waals surface area (Å²) in [6, 6.07) is 26.1. The van der Waals surface area contributed by atoms with E-state index in [1.807, 2.05) is 54.6 Å². The van der Waals surface area contributed by atoms with Gasteiger partial charge in [-0.3, -0.25) is 0 Å². The second-order valence-corrected chi connectivity index (χ2v) is 10.4. The average Bonchev–Trinajstić information content (AvgIpc) is 2.96. The predicted molar refractivity (Wildman–Crippen MR) is 159 cm³/mol. The molecule has 3 rings (SSSR count). The number of para-hydroxylation sites is 1. The van der Waals surface area contributed by atoms with Crippen LogP contribution in [-0.4, -0.2) is 5.11 Å². The van der Waals surface area contributed by atoms with Gasteiger partial charge in [-0.05, 0) is 23.6 Å². The van der Waals surface area contributed by atoms with Crippen molar-refractivity contribution < 1.29 is 14.6 Å². The minimum absolute atomic E-state index is 0.435. The molecule has 1 N–H and O–H groups in total. The van der Waals surface area contributed by atoms with E-state index in [1.165, 1.54) is 64.2 Å². The molecule has 1 atom stereocenters. The van der Waals surface area contributed by atoms with Crippen molar-refractivity contribution in [2.45, 2.75) is 110 Å². The molecule has 0 bridgehead atoms. The maximum atomic E-state index is 11.1. The smallest absolute Gasteiger partial charge is 0.167 e. The van der Waals surface area contributed by atoms with E-state index in [4.69, 9.17) is 9.47 Å². The Hall–Kier alpha value is -2.78. The van der Waals surface area contributed by atoms with E-state index < -0.39 is 6.10 Å². The summed E-state index contributed by atoms with van der Waals surface area (Å²) in [7, 11) is 0. The standard InChI is InChI=1S/C35H48O3/c1-2-3-4-5-6-7-8-9-10-11-12-19-26-33(36)32-25-20-27-34(37-28-30-21-15-13-16-22-30)35(32)38-29-31-23-17-14-18-24-31/h13-18,20-25,27,33,36H,2-12,19,26,28-29H2,1H3. The van der Waals surface area contributed by atoms with Gasteiger partial charge in [0.25, 0.3) is 0 Å². The topological polar surface area (TPSA) is 38.7 Å². The summed E-state index contributed by atoms with van der Waals surface area (Å²) < 4.78 is 12.5. The fourth-order valence-corrected chi connectivity index (χ4v) is 4.86. The van der Waals surface area contributed by atoms with E-state index in [-0.39, 0.29) is 0 Å². The summed E-state index contributed by atoms with van der Waals surface area (Å²) >= 11 is 0. The van der Waals surface area contributed by atoms with Crippen LogP contribution in [0, 0.1) is 0 Å². The van der Waals surface area contributed by atoms with E-state index in [1.54, 1.807) is 0 Å². The molecular weight excluding hydrogens is 468 g/mol. The van der Waals surface area contributed by atoms with Crippen molar-refractivity contribution in [3.8, 4) is 11.5 Å². The summed E-state index contributed by atoms with van der Waals surface area (Å²) in [5.74, 6) is 1.33. The van der Waals surface area contributed by atoms with Crippen molar-refractivity contribution in [3.63, 3.8) is 0 Å². The van der Waals surface area contributed by atoms with Crippen LogP contribution in [0.2, 0.25) is 0 Å². The van der Waals surface area contributed by atoms with Crippen molar-refractivity contribution in [3.05, 3.63) is 95.6 Å². The van der Waals surface area contributed by atoms with Gasteiger partial charge in [0.1, 0.15) is 13.2 Å². The lowest BCUT2D eigenvalue weighted by Gasteiger charge is -2.20. The number of aliphatic hydroxyl groups excluding tert-OH is 1. The highest BCUT2D eigenvalue weighted by Crippen LogP contribution is 2.38. The van der Waals surface area contributed by atoms with E-state index >= 15 is 0 Å². The maximum absolute atomic E-state index is 11.1. The molecule has 0 heterocycles. The van der Waals surface area contributed by atoms with Crippen molar-refractivity contribution in [1.82, 2.24) is 0 Å². The molecule has 206 valence electrons. The number of hydrogen-bond acceptors (Lipinski definition) is 3. The number of rotatable bonds is 20. The zero-order chi connectivity index (χ0) is 26.7. The fraction of sp³-hybridized carbons (Fsp3) is 0.486. The zero-order valence-corrected chi connectivity index (χ0v) is 23.5. The van der Waals surface area contributed by atoms with Gasteiger partial charge in [-0.25, -0.2) is 0 Å². The molecule has 0 saturated heterocycles. The molecule has 0 amide bonds. The molecule has 0 aliphatic rings. The Morgan fingerprint density at radius 3 is 1.61 bits per heavy atom. The quantitative estimate of drug-likeness (QED) is 0.152. The summed E-state index contributed by atoms with van der Waals surface area (Å²) in [6.45, 7) is 3.17. The lowest BCUT2D eigenvalue weighted by molar-refractivity contribution is 0.154. The molecule has 3 heteroatoms. The SMILES string of the molecule is CCCCCCCCCCCCCCC(O)c1cccc(OCc2ccccc2)c1OCc1ccccc1. The van der Waals surface area contributed by atoms with Crippen LogP contribution in [0.5, 0.6) is 11.5 Å². The lowest BCUT2D eigenvalue weighted by atomic mass is 10.00. The number of benzene rings is 3. The molecular formula is C35H48O3. The van der Waals surface area contributed by atoms with E-state index in [9.17, 15) is 5.11 Å². The Balaban J connectivity index is 1.48. The Kier molecular flexibility index (Phi) is 14.5. The average molecular weight is 517 g/mol. The Bertz CT molecular complexity index is 987. The van der Waals surface area contributed by atoms with E-state index in [0.717, 1.165) is 36.0 Å². The second-order valence-electron chi connectivity index (χ2n) is 10.4. The summed E-state index contributed by atoms with van der Waals surface area (Å²) in [6.07, 6.45) is 15.9. The van der Waals surface area contributed by atoms with Gasteiger partial charge < -0.3 is 14.6 Å². The molecule has 1 unspecified atom stereocenters. The lowest BCUT2D eigenvalue weighted by Crippen LogP contribution is -2.06. The minimum Gasteiger partial charge on any atom is -0.485 e. The molecule has 0 saturated carbocycles. The van der Waals surface area contributed by atoms with Gasteiger partial charge in [0.05, 0.1) is 6.10 Å². The van der Waals surface area contributed by atoms with Crippen LogP contribution < -0.4 is 9.47 Å². The highest BCUT2D eigenvalue weighted by Gasteiger charge is 2.18. The summed E-state index contributed by atoms with van der Waals surface area (Å²) in [4.78, 5) is 0. The second kappa shape index (κ2) is 18.5. The summed E-state index contributed by atoms with van der Waals surface area (Å²) in [5, 5.41) is 11.1. The molecule has 0 fully saturated rings. The van der Waals surface area contributed by atoms with Gasteiger partial charge in [-0.2, -0.15) is 0 Å². The van der Waals surface area contributed by atoms with Crippen LogP contribution >= 0.6 is 0 Å². The van der Waals surface area contributed by atoms with Crippen molar-refractivity contribution >= 4 is 0 Å². The van der Waals surface area contributed by atoms with E-state index in [2.05, 4.69) is 31.2 Å². The van der Waals surface area contributed by atoms with E-state index in [0.29, 0.717) is 24.7 Å². The summed E-state index contributed by atoms with van der Waals surface area (Å²) in [5.41, 5.74) is 3.00. The Morgan fingerprint density at radius 1 is 0.553 bits per heavy atom. The third-order valence-corrected chi connectivity index (χ3v) is 7.16. The van der Waals surface area contributed by atoms with Crippen LogP contribution in [0.3, 0.4) is 0 Å². The molecule has 0 aromatic heterocycles. The fourth-order valence-electron chi connectivity index (χ4n) is 4.86. The Labute approximate surface area is 231 Å². The highest BCUT2D eigenvalue weighted by atomic mass is 16.5. The van der Waals surface area contributed by atoms with Crippen LogP contribution in [-0.2, 0) is 13.2 Å². The first kappa shape index (κ1) is 29.8. The van der Waals surface area contributed by atoms with Gasteiger partial charge in [0.2, 0.25) is 0 Å². The number of aliphatic hydroxyl groups is 1. The maximum Gasteiger partial charge on any atom is 0.167 e.